The second-order valence-corrected chi connectivity index (χ2v) is 5.37. The van der Waals surface area contributed by atoms with Gasteiger partial charge in [-0.1, -0.05) is 26.2 Å². The van der Waals surface area contributed by atoms with Crippen molar-refractivity contribution in [1.29, 1.82) is 0 Å². The first kappa shape index (κ1) is 11.9. The first-order valence-corrected chi connectivity index (χ1v) is 6.78. The van der Waals surface area contributed by atoms with Crippen molar-refractivity contribution in [1.82, 2.24) is 10.6 Å². The van der Waals surface area contributed by atoms with E-state index in [1.165, 1.54) is 32.1 Å². The van der Waals surface area contributed by atoms with Crippen molar-refractivity contribution in [2.75, 3.05) is 13.1 Å². The molecule has 1 amide bonds. The molecule has 2 fully saturated rings. The van der Waals surface area contributed by atoms with Crippen LogP contribution in [0.5, 0.6) is 0 Å². The molecule has 16 heavy (non-hydrogen) atoms. The highest BCUT2D eigenvalue weighted by molar-refractivity contribution is 5.83. The molecule has 0 aromatic carbocycles. The second-order valence-electron chi connectivity index (χ2n) is 5.37. The number of carbonyl (C=O) groups excluding carboxylic acids is 1. The maximum Gasteiger partial charge on any atom is 0.227 e. The van der Waals surface area contributed by atoms with Crippen LogP contribution in [0.4, 0.5) is 0 Å². The lowest BCUT2D eigenvalue weighted by molar-refractivity contribution is -0.131. The Balaban J connectivity index is 1.90. The average molecular weight is 224 g/mol. The number of hydrogen-bond donors (Lipinski definition) is 2. The van der Waals surface area contributed by atoms with E-state index in [2.05, 4.69) is 17.6 Å². The maximum absolute atomic E-state index is 12.3. The van der Waals surface area contributed by atoms with Gasteiger partial charge in [0.2, 0.25) is 5.91 Å². The number of nitrogens with one attached hydrogen (secondary N) is 2. The summed E-state index contributed by atoms with van der Waals surface area (Å²) in [5, 5.41) is 6.60. The third-order valence-corrected chi connectivity index (χ3v) is 4.34. The summed E-state index contributed by atoms with van der Waals surface area (Å²) in [7, 11) is 0. The molecule has 1 aliphatic heterocycles. The van der Waals surface area contributed by atoms with Crippen LogP contribution in [0.2, 0.25) is 0 Å². The van der Waals surface area contributed by atoms with Gasteiger partial charge < -0.3 is 10.6 Å². The van der Waals surface area contributed by atoms with Gasteiger partial charge in [0, 0.05) is 12.6 Å². The summed E-state index contributed by atoms with van der Waals surface area (Å²) in [4.78, 5) is 12.3. The summed E-state index contributed by atoms with van der Waals surface area (Å²) in [6, 6.07) is 0.449. The number of rotatable bonds is 3. The van der Waals surface area contributed by atoms with Crippen LogP contribution in [-0.4, -0.2) is 25.0 Å². The highest BCUT2D eigenvalue weighted by Gasteiger charge is 2.40. The molecule has 1 atom stereocenters. The molecule has 3 nitrogen and oxygen atoms in total. The predicted octanol–water partition coefficient (Wildman–Crippen LogP) is 1.82. The van der Waals surface area contributed by atoms with E-state index in [-0.39, 0.29) is 5.41 Å². The zero-order valence-corrected chi connectivity index (χ0v) is 10.3. The van der Waals surface area contributed by atoms with Crippen molar-refractivity contribution in [2.24, 2.45) is 5.41 Å². The van der Waals surface area contributed by atoms with E-state index in [1.807, 2.05) is 0 Å². The van der Waals surface area contributed by atoms with Gasteiger partial charge in [0.1, 0.15) is 0 Å². The molecule has 1 saturated carbocycles. The molecule has 1 aliphatic carbocycles. The van der Waals surface area contributed by atoms with E-state index in [4.69, 9.17) is 0 Å². The zero-order chi connectivity index (χ0) is 11.4. The highest BCUT2D eigenvalue weighted by atomic mass is 16.2. The Bertz CT molecular complexity index is 240. The third kappa shape index (κ3) is 2.40. The summed E-state index contributed by atoms with van der Waals surface area (Å²) < 4.78 is 0. The van der Waals surface area contributed by atoms with Crippen LogP contribution in [0.1, 0.15) is 51.9 Å². The summed E-state index contributed by atoms with van der Waals surface area (Å²) in [6.07, 6.45) is 8.22. The van der Waals surface area contributed by atoms with E-state index in [9.17, 15) is 4.79 Å². The topological polar surface area (TPSA) is 41.1 Å². The predicted molar refractivity (Wildman–Crippen MR) is 65.2 cm³/mol. The quantitative estimate of drug-likeness (QED) is 0.768. The third-order valence-electron chi connectivity index (χ3n) is 4.34. The van der Waals surface area contributed by atoms with Crippen molar-refractivity contribution in [3.8, 4) is 0 Å². The Kier molecular flexibility index (Phi) is 3.85. The Morgan fingerprint density at radius 1 is 1.38 bits per heavy atom. The van der Waals surface area contributed by atoms with Crippen molar-refractivity contribution in [3.63, 3.8) is 0 Å². The van der Waals surface area contributed by atoms with Gasteiger partial charge in [-0.2, -0.15) is 0 Å². The van der Waals surface area contributed by atoms with Crippen LogP contribution in [-0.2, 0) is 4.79 Å². The Hall–Kier alpha value is -0.570. The van der Waals surface area contributed by atoms with Gasteiger partial charge in [-0.25, -0.2) is 0 Å². The van der Waals surface area contributed by atoms with Crippen LogP contribution in [0.15, 0.2) is 0 Å². The first-order valence-electron chi connectivity index (χ1n) is 6.78. The lowest BCUT2D eigenvalue weighted by atomic mass is 9.82. The monoisotopic (exact) mass is 224 g/mol. The van der Waals surface area contributed by atoms with Crippen LogP contribution in [0.25, 0.3) is 0 Å². The van der Waals surface area contributed by atoms with Crippen molar-refractivity contribution in [2.45, 2.75) is 57.9 Å². The zero-order valence-electron chi connectivity index (χ0n) is 10.3. The minimum absolute atomic E-state index is 0.114. The molecule has 0 spiro atoms. The fourth-order valence-electron chi connectivity index (χ4n) is 2.99. The standard InChI is InChI=1S/C13H24N2O/c1-2-13(8-9-14-10-13)12(16)15-11-6-4-3-5-7-11/h11,14H,2-10H2,1H3,(H,15,16)/t13-/m1/s1. The molecular weight excluding hydrogens is 200 g/mol. The van der Waals surface area contributed by atoms with E-state index in [1.54, 1.807) is 0 Å². The maximum atomic E-state index is 12.3. The van der Waals surface area contributed by atoms with Crippen LogP contribution in [0.3, 0.4) is 0 Å². The molecule has 2 aliphatic rings. The van der Waals surface area contributed by atoms with Crippen molar-refractivity contribution >= 4 is 5.91 Å². The molecular formula is C13H24N2O. The van der Waals surface area contributed by atoms with Crippen LogP contribution < -0.4 is 10.6 Å². The van der Waals surface area contributed by atoms with Crippen molar-refractivity contribution < 1.29 is 4.79 Å². The van der Waals surface area contributed by atoms with Gasteiger partial charge in [-0.3, -0.25) is 4.79 Å². The van der Waals surface area contributed by atoms with Gasteiger partial charge in [-0.15, -0.1) is 0 Å². The van der Waals surface area contributed by atoms with Gasteiger partial charge in [0.25, 0.3) is 0 Å². The lowest BCUT2D eigenvalue weighted by Crippen LogP contribution is -2.47. The van der Waals surface area contributed by atoms with Gasteiger partial charge >= 0.3 is 0 Å². The van der Waals surface area contributed by atoms with E-state index >= 15 is 0 Å². The molecule has 3 heteroatoms. The summed E-state index contributed by atoms with van der Waals surface area (Å²) >= 11 is 0. The van der Waals surface area contributed by atoms with E-state index < -0.39 is 0 Å². The summed E-state index contributed by atoms with van der Waals surface area (Å²) in [5.41, 5.74) is -0.114. The number of amides is 1. The molecule has 0 aromatic heterocycles. The largest absolute Gasteiger partial charge is 0.353 e. The fourth-order valence-corrected chi connectivity index (χ4v) is 2.99. The number of hydrogen-bond acceptors (Lipinski definition) is 2. The molecule has 1 saturated heterocycles. The molecule has 1 heterocycles. The van der Waals surface area contributed by atoms with Gasteiger partial charge in [-0.05, 0) is 32.2 Å². The minimum atomic E-state index is -0.114. The molecule has 2 rings (SSSR count). The molecule has 0 bridgehead atoms. The van der Waals surface area contributed by atoms with Crippen LogP contribution in [0, 0.1) is 5.41 Å². The van der Waals surface area contributed by atoms with Crippen LogP contribution >= 0.6 is 0 Å². The molecule has 0 unspecified atom stereocenters. The Morgan fingerprint density at radius 2 is 2.12 bits per heavy atom. The summed E-state index contributed by atoms with van der Waals surface area (Å²) in [5.74, 6) is 0.298. The first-order chi connectivity index (χ1) is 7.77. The van der Waals surface area contributed by atoms with Crippen molar-refractivity contribution in [3.05, 3.63) is 0 Å². The highest BCUT2D eigenvalue weighted by Crippen LogP contribution is 2.30. The molecule has 92 valence electrons. The normalized spacial score (nSPS) is 31.6. The summed E-state index contributed by atoms with van der Waals surface area (Å²) in [6.45, 7) is 3.99. The minimum Gasteiger partial charge on any atom is -0.353 e. The SMILES string of the molecule is CC[C@@]1(C(=O)NC2CCCCC2)CCNC1. The Morgan fingerprint density at radius 3 is 2.69 bits per heavy atom. The average Bonchev–Trinajstić information content (AvgIpc) is 2.80. The molecule has 2 N–H and O–H groups in total. The Labute approximate surface area is 98.4 Å². The van der Waals surface area contributed by atoms with Gasteiger partial charge in [0.15, 0.2) is 0 Å². The lowest BCUT2D eigenvalue weighted by Gasteiger charge is -2.30. The second kappa shape index (κ2) is 5.17. The smallest absolute Gasteiger partial charge is 0.227 e. The number of carbonyl (C=O) groups is 1. The van der Waals surface area contributed by atoms with E-state index in [0.29, 0.717) is 11.9 Å². The van der Waals surface area contributed by atoms with Gasteiger partial charge in [0.05, 0.1) is 5.41 Å². The van der Waals surface area contributed by atoms with E-state index in [0.717, 1.165) is 25.9 Å². The molecule has 0 radical (unpaired) electrons. The molecule has 0 aromatic rings. The fraction of sp³-hybridized carbons (Fsp3) is 0.923.